The molecule has 134 valence electrons. The number of nitrogens with two attached hydrogens (primary N) is 1. The third-order valence-electron chi connectivity index (χ3n) is 3.46. The smallest absolute Gasteiger partial charge is 0.320 e. The fraction of sp³-hybridized carbons (Fsp3) is 0.500. The Bertz CT molecular complexity index is 668. The molecule has 7 nitrogen and oxygen atoms in total. The number of sulfone groups is 1. The van der Waals surface area contributed by atoms with Gasteiger partial charge in [-0.25, -0.2) is 8.42 Å². The maximum absolute atomic E-state index is 11.8. The number of hydrogen-bond acceptors (Lipinski definition) is 6. The summed E-state index contributed by atoms with van der Waals surface area (Å²) in [6, 6.07) is 6.19. The lowest BCUT2D eigenvalue weighted by Gasteiger charge is -2.15. The van der Waals surface area contributed by atoms with Crippen molar-refractivity contribution < 1.29 is 22.7 Å². The molecule has 0 saturated carbocycles. The van der Waals surface area contributed by atoms with E-state index in [1.54, 1.807) is 24.3 Å². The molecule has 24 heavy (non-hydrogen) atoms. The number of rotatable bonds is 8. The Labute approximate surface area is 142 Å². The van der Waals surface area contributed by atoms with Crippen LogP contribution in [0.5, 0.6) is 0 Å². The molecule has 1 atom stereocenters. The van der Waals surface area contributed by atoms with Gasteiger partial charge >= 0.3 is 5.97 Å². The average Bonchev–Trinajstić information content (AvgIpc) is 2.52. The lowest BCUT2D eigenvalue weighted by atomic mass is 10.0. The molecule has 0 radical (unpaired) electrons. The number of ether oxygens (including phenoxy) is 1. The Morgan fingerprint density at radius 2 is 1.71 bits per heavy atom. The van der Waals surface area contributed by atoms with Gasteiger partial charge in [0.25, 0.3) is 0 Å². The predicted molar refractivity (Wildman–Crippen MR) is 90.6 cm³/mol. The first-order valence-electron chi connectivity index (χ1n) is 7.53. The van der Waals surface area contributed by atoms with Gasteiger partial charge in [-0.2, -0.15) is 0 Å². The van der Waals surface area contributed by atoms with Crippen molar-refractivity contribution in [2.75, 3.05) is 12.9 Å². The van der Waals surface area contributed by atoms with Gasteiger partial charge in [0.1, 0.15) is 5.75 Å². The molecule has 0 aliphatic carbocycles. The molecule has 1 rings (SSSR count). The lowest BCUT2D eigenvalue weighted by Crippen LogP contribution is -2.43. The molecule has 1 aromatic carbocycles. The van der Waals surface area contributed by atoms with Crippen LogP contribution in [0.4, 0.5) is 0 Å². The van der Waals surface area contributed by atoms with Gasteiger partial charge in [0.2, 0.25) is 5.91 Å². The Hall–Kier alpha value is -1.93. The standard InChI is InChI=1S/C16H24N2O5S/c1-11(2)15(17)16(20)18-8-12-4-6-13(7-5-12)9-24(21,22)10-14(19)23-3/h4-7,11,15H,8-10,17H2,1-3H3,(H,18,20)/t15-/m0/s1. The zero-order valence-electron chi connectivity index (χ0n) is 14.1. The summed E-state index contributed by atoms with van der Waals surface area (Å²) in [5.74, 6) is -1.85. The van der Waals surface area contributed by atoms with Crippen LogP contribution in [-0.4, -0.2) is 39.2 Å². The van der Waals surface area contributed by atoms with Crippen LogP contribution in [-0.2, 0) is 36.5 Å². The number of amides is 1. The van der Waals surface area contributed by atoms with Crippen molar-refractivity contribution in [2.24, 2.45) is 11.7 Å². The van der Waals surface area contributed by atoms with E-state index < -0.39 is 27.6 Å². The molecule has 0 bridgehead atoms. The molecule has 0 saturated heterocycles. The number of benzene rings is 1. The van der Waals surface area contributed by atoms with E-state index in [-0.39, 0.29) is 17.6 Å². The van der Waals surface area contributed by atoms with Crippen molar-refractivity contribution >= 4 is 21.7 Å². The first-order chi connectivity index (χ1) is 11.1. The van der Waals surface area contributed by atoms with E-state index in [1.165, 1.54) is 0 Å². The summed E-state index contributed by atoms with van der Waals surface area (Å²) in [7, 11) is -2.42. The number of hydrogen-bond donors (Lipinski definition) is 2. The van der Waals surface area contributed by atoms with E-state index in [0.717, 1.165) is 12.7 Å². The highest BCUT2D eigenvalue weighted by Gasteiger charge is 2.18. The molecule has 0 aliphatic heterocycles. The molecule has 0 spiro atoms. The highest BCUT2D eigenvalue weighted by Crippen LogP contribution is 2.10. The van der Waals surface area contributed by atoms with E-state index in [4.69, 9.17) is 5.73 Å². The number of carbonyl (C=O) groups excluding carboxylic acids is 2. The fourth-order valence-electron chi connectivity index (χ4n) is 1.91. The molecule has 1 amide bonds. The fourth-order valence-corrected chi connectivity index (χ4v) is 3.19. The third kappa shape index (κ3) is 6.67. The molecule has 8 heteroatoms. The predicted octanol–water partition coefficient (Wildman–Crippen LogP) is 0.374. The van der Waals surface area contributed by atoms with Gasteiger partial charge in [-0.05, 0) is 17.0 Å². The van der Waals surface area contributed by atoms with E-state index in [2.05, 4.69) is 10.1 Å². The molecular formula is C16H24N2O5S. The Morgan fingerprint density at radius 3 is 2.21 bits per heavy atom. The van der Waals surface area contributed by atoms with Gasteiger partial charge in [-0.15, -0.1) is 0 Å². The van der Waals surface area contributed by atoms with Gasteiger partial charge < -0.3 is 15.8 Å². The molecule has 0 heterocycles. The maximum atomic E-state index is 11.8. The quantitative estimate of drug-likeness (QED) is 0.650. The minimum atomic E-state index is -3.57. The van der Waals surface area contributed by atoms with E-state index >= 15 is 0 Å². The summed E-state index contributed by atoms with van der Waals surface area (Å²) in [6.45, 7) is 4.05. The Morgan fingerprint density at radius 1 is 1.17 bits per heavy atom. The van der Waals surface area contributed by atoms with Crippen LogP contribution in [0.15, 0.2) is 24.3 Å². The van der Waals surface area contributed by atoms with Crippen molar-refractivity contribution in [3.63, 3.8) is 0 Å². The number of carbonyl (C=O) groups is 2. The largest absolute Gasteiger partial charge is 0.468 e. The van der Waals surface area contributed by atoms with E-state index in [0.29, 0.717) is 12.1 Å². The van der Waals surface area contributed by atoms with Crippen LogP contribution in [0.2, 0.25) is 0 Å². The molecule has 3 N–H and O–H groups in total. The van der Waals surface area contributed by atoms with Crippen LogP contribution in [0, 0.1) is 5.92 Å². The molecule has 1 aromatic rings. The normalized spacial score (nSPS) is 12.7. The number of nitrogens with one attached hydrogen (secondary N) is 1. The summed E-state index contributed by atoms with van der Waals surface area (Å²) >= 11 is 0. The van der Waals surface area contributed by atoms with Gasteiger partial charge in [0.05, 0.1) is 18.9 Å². The summed E-state index contributed by atoms with van der Waals surface area (Å²) in [5, 5.41) is 2.74. The second-order valence-corrected chi connectivity index (χ2v) is 7.98. The number of esters is 1. The van der Waals surface area contributed by atoms with E-state index in [9.17, 15) is 18.0 Å². The van der Waals surface area contributed by atoms with Crippen LogP contribution in [0.3, 0.4) is 0 Å². The zero-order valence-corrected chi connectivity index (χ0v) is 14.9. The van der Waals surface area contributed by atoms with Gasteiger partial charge in [0, 0.05) is 6.54 Å². The van der Waals surface area contributed by atoms with Gasteiger partial charge in [0.15, 0.2) is 9.84 Å². The lowest BCUT2D eigenvalue weighted by molar-refractivity contribution is -0.137. The van der Waals surface area contributed by atoms with E-state index in [1.807, 2.05) is 13.8 Å². The third-order valence-corrected chi connectivity index (χ3v) is 4.91. The average molecular weight is 356 g/mol. The van der Waals surface area contributed by atoms with Crippen LogP contribution in [0.1, 0.15) is 25.0 Å². The SMILES string of the molecule is COC(=O)CS(=O)(=O)Cc1ccc(CNC(=O)[C@@H](N)C(C)C)cc1. The number of methoxy groups -OCH3 is 1. The highest BCUT2D eigenvalue weighted by molar-refractivity contribution is 7.91. The van der Waals surface area contributed by atoms with Crippen molar-refractivity contribution in [2.45, 2.75) is 32.2 Å². The second kappa shape index (κ2) is 8.79. The monoisotopic (exact) mass is 356 g/mol. The van der Waals surface area contributed by atoms with Crippen LogP contribution in [0.25, 0.3) is 0 Å². The molecule has 0 unspecified atom stereocenters. The van der Waals surface area contributed by atoms with Crippen LogP contribution < -0.4 is 11.1 Å². The Kier molecular flexibility index (Phi) is 7.37. The summed E-state index contributed by atoms with van der Waals surface area (Å²) < 4.78 is 28.0. The first-order valence-corrected chi connectivity index (χ1v) is 9.35. The zero-order chi connectivity index (χ0) is 18.3. The van der Waals surface area contributed by atoms with Crippen molar-refractivity contribution in [1.82, 2.24) is 5.32 Å². The summed E-state index contributed by atoms with van der Waals surface area (Å²) in [4.78, 5) is 22.9. The topological polar surface area (TPSA) is 116 Å². The van der Waals surface area contributed by atoms with Crippen molar-refractivity contribution in [3.8, 4) is 0 Å². The highest BCUT2D eigenvalue weighted by atomic mass is 32.2. The molecular weight excluding hydrogens is 332 g/mol. The minimum Gasteiger partial charge on any atom is -0.468 e. The second-order valence-electron chi connectivity index (χ2n) is 5.91. The van der Waals surface area contributed by atoms with Gasteiger partial charge in [-0.3, -0.25) is 9.59 Å². The van der Waals surface area contributed by atoms with Crippen molar-refractivity contribution in [1.29, 1.82) is 0 Å². The van der Waals surface area contributed by atoms with Gasteiger partial charge in [-0.1, -0.05) is 38.1 Å². The molecule has 0 fully saturated rings. The van der Waals surface area contributed by atoms with Crippen molar-refractivity contribution in [3.05, 3.63) is 35.4 Å². The molecule has 0 aliphatic rings. The maximum Gasteiger partial charge on any atom is 0.320 e. The Balaban J connectivity index is 2.60. The first kappa shape index (κ1) is 20.1. The molecule has 0 aromatic heterocycles. The minimum absolute atomic E-state index is 0.0485. The summed E-state index contributed by atoms with van der Waals surface area (Å²) in [6.07, 6.45) is 0. The van der Waals surface area contributed by atoms with Crippen LogP contribution >= 0.6 is 0 Å². The summed E-state index contributed by atoms with van der Waals surface area (Å²) in [5.41, 5.74) is 7.14.